The maximum atomic E-state index is 12.8. The number of ether oxygens (including phenoxy) is 2. The highest BCUT2D eigenvalue weighted by Gasteiger charge is 2.31. The van der Waals surface area contributed by atoms with E-state index in [0.29, 0.717) is 12.5 Å². The van der Waals surface area contributed by atoms with Gasteiger partial charge in [-0.15, -0.1) is 0 Å². The van der Waals surface area contributed by atoms with Gasteiger partial charge in [-0.3, -0.25) is 4.90 Å². The van der Waals surface area contributed by atoms with E-state index in [0.717, 1.165) is 63.0 Å². The maximum absolute atomic E-state index is 12.8. The molecule has 2 atom stereocenters. The number of anilines is 3. The molecular formula is C24H32N4O3. The van der Waals surface area contributed by atoms with Gasteiger partial charge in [0, 0.05) is 50.9 Å². The Morgan fingerprint density at radius 1 is 1.06 bits per heavy atom. The topological polar surface area (TPSA) is 66.1 Å². The van der Waals surface area contributed by atoms with Crippen LogP contribution in [0.15, 0.2) is 54.6 Å². The molecule has 0 spiro atoms. The van der Waals surface area contributed by atoms with Crippen LogP contribution in [-0.4, -0.2) is 70.1 Å². The first kappa shape index (κ1) is 21.6. The molecule has 2 heterocycles. The summed E-state index contributed by atoms with van der Waals surface area (Å²) >= 11 is 0. The molecule has 31 heavy (non-hydrogen) atoms. The Kier molecular flexibility index (Phi) is 7.40. The maximum Gasteiger partial charge on any atom is 0.319 e. The fourth-order valence-electron chi connectivity index (χ4n) is 4.39. The second kappa shape index (κ2) is 10.6. The largest absolute Gasteiger partial charge is 0.381 e. The van der Waals surface area contributed by atoms with Gasteiger partial charge in [-0.05, 0) is 30.7 Å². The van der Waals surface area contributed by atoms with Crippen LogP contribution in [-0.2, 0) is 9.47 Å². The Morgan fingerprint density at radius 2 is 1.81 bits per heavy atom. The lowest BCUT2D eigenvalue weighted by atomic mass is 9.97. The van der Waals surface area contributed by atoms with Crippen molar-refractivity contribution in [3.63, 3.8) is 0 Å². The average molecular weight is 425 g/mol. The summed E-state index contributed by atoms with van der Waals surface area (Å²) in [5, 5.41) is 6.15. The Bertz CT molecular complexity index is 836. The third-order valence-corrected chi connectivity index (χ3v) is 6.15. The number of morpholine rings is 1. The lowest BCUT2D eigenvalue weighted by Gasteiger charge is -2.37. The van der Waals surface area contributed by atoms with Gasteiger partial charge in [0.1, 0.15) is 0 Å². The Morgan fingerprint density at radius 3 is 2.55 bits per heavy atom. The van der Waals surface area contributed by atoms with Gasteiger partial charge in [0.2, 0.25) is 0 Å². The summed E-state index contributed by atoms with van der Waals surface area (Å²) in [4.78, 5) is 17.3. The van der Waals surface area contributed by atoms with E-state index in [-0.39, 0.29) is 12.1 Å². The van der Waals surface area contributed by atoms with E-state index in [1.54, 1.807) is 0 Å². The van der Waals surface area contributed by atoms with E-state index in [1.165, 1.54) is 0 Å². The van der Waals surface area contributed by atoms with Crippen molar-refractivity contribution in [3.05, 3.63) is 54.6 Å². The van der Waals surface area contributed by atoms with Crippen LogP contribution in [0.4, 0.5) is 21.9 Å². The van der Waals surface area contributed by atoms with Crippen molar-refractivity contribution >= 4 is 23.1 Å². The Hall–Kier alpha value is -2.61. The SMILES string of the molecule is CN(c1ccccc1)c1ccccc1NC(=O)NC[C@H]([C@@H]1CCOC1)N1CCOCC1. The summed E-state index contributed by atoms with van der Waals surface area (Å²) in [6.45, 7) is 5.44. The molecule has 7 heteroatoms. The monoisotopic (exact) mass is 424 g/mol. The summed E-state index contributed by atoms with van der Waals surface area (Å²) in [5.41, 5.74) is 2.78. The molecule has 0 bridgehead atoms. The van der Waals surface area contributed by atoms with Crippen LogP contribution in [0.25, 0.3) is 0 Å². The van der Waals surface area contributed by atoms with E-state index >= 15 is 0 Å². The molecule has 2 aromatic rings. The fraction of sp³-hybridized carbons (Fsp3) is 0.458. The average Bonchev–Trinajstić information content (AvgIpc) is 3.35. The minimum atomic E-state index is -0.189. The van der Waals surface area contributed by atoms with E-state index in [9.17, 15) is 4.79 Å². The van der Waals surface area contributed by atoms with Crippen LogP contribution in [0.1, 0.15) is 6.42 Å². The first-order valence-electron chi connectivity index (χ1n) is 11.0. The molecule has 2 fully saturated rings. The van der Waals surface area contributed by atoms with Gasteiger partial charge in [-0.1, -0.05) is 30.3 Å². The molecule has 2 aliphatic heterocycles. The highest BCUT2D eigenvalue weighted by molar-refractivity contribution is 5.94. The first-order chi connectivity index (χ1) is 15.2. The van der Waals surface area contributed by atoms with Crippen LogP contribution < -0.4 is 15.5 Å². The van der Waals surface area contributed by atoms with Crippen molar-refractivity contribution < 1.29 is 14.3 Å². The number of para-hydroxylation sites is 3. The number of nitrogens with zero attached hydrogens (tertiary/aromatic N) is 2. The fourth-order valence-corrected chi connectivity index (χ4v) is 4.39. The second-order valence-corrected chi connectivity index (χ2v) is 8.09. The number of carbonyl (C=O) groups is 1. The van der Waals surface area contributed by atoms with Crippen molar-refractivity contribution in [2.75, 3.05) is 63.3 Å². The van der Waals surface area contributed by atoms with Gasteiger partial charge in [0.15, 0.2) is 0 Å². The smallest absolute Gasteiger partial charge is 0.319 e. The summed E-state index contributed by atoms with van der Waals surface area (Å²) in [7, 11) is 2.00. The van der Waals surface area contributed by atoms with E-state index in [4.69, 9.17) is 9.47 Å². The van der Waals surface area contributed by atoms with Gasteiger partial charge in [-0.25, -0.2) is 4.79 Å². The summed E-state index contributed by atoms with van der Waals surface area (Å²) in [6, 6.07) is 18.0. The zero-order valence-electron chi connectivity index (χ0n) is 18.1. The highest BCUT2D eigenvalue weighted by Crippen LogP contribution is 2.30. The van der Waals surface area contributed by atoms with Gasteiger partial charge in [0.25, 0.3) is 0 Å². The van der Waals surface area contributed by atoms with Crippen LogP contribution in [0, 0.1) is 5.92 Å². The number of nitrogens with one attached hydrogen (secondary N) is 2. The van der Waals surface area contributed by atoms with Crippen molar-refractivity contribution in [3.8, 4) is 0 Å². The normalized spacial score (nSPS) is 20.2. The third kappa shape index (κ3) is 5.55. The molecular weight excluding hydrogens is 392 g/mol. The number of hydrogen-bond acceptors (Lipinski definition) is 5. The third-order valence-electron chi connectivity index (χ3n) is 6.15. The molecule has 166 valence electrons. The molecule has 0 aliphatic carbocycles. The molecule has 2 aliphatic rings. The number of hydrogen-bond donors (Lipinski definition) is 2. The van der Waals surface area contributed by atoms with Gasteiger partial charge >= 0.3 is 6.03 Å². The molecule has 0 radical (unpaired) electrons. The van der Waals surface area contributed by atoms with Gasteiger partial charge in [-0.2, -0.15) is 0 Å². The van der Waals surface area contributed by atoms with Crippen molar-refractivity contribution in [1.29, 1.82) is 0 Å². The zero-order valence-corrected chi connectivity index (χ0v) is 18.1. The molecule has 0 saturated carbocycles. The standard InChI is InChI=1S/C24H32N4O3/c1-27(20-7-3-2-4-8-20)22-10-6-5-9-21(22)26-24(29)25-17-23(19-11-14-31-18-19)28-12-15-30-16-13-28/h2-10,19,23H,11-18H2,1H3,(H2,25,26,29)/t19-,23-/m1/s1. The summed E-state index contributed by atoms with van der Waals surface area (Å²) < 4.78 is 11.1. The Labute approximate surface area is 184 Å². The lowest BCUT2D eigenvalue weighted by molar-refractivity contribution is 0.00222. The van der Waals surface area contributed by atoms with E-state index in [1.807, 2.05) is 61.6 Å². The molecule has 2 N–H and O–H groups in total. The van der Waals surface area contributed by atoms with Crippen molar-refractivity contribution in [2.24, 2.45) is 5.92 Å². The van der Waals surface area contributed by atoms with Crippen LogP contribution >= 0.6 is 0 Å². The lowest BCUT2D eigenvalue weighted by Crippen LogP contribution is -2.52. The van der Waals surface area contributed by atoms with Crippen molar-refractivity contribution in [1.82, 2.24) is 10.2 Å². The molecule has 2 saturated heterocycles. The minimum Gasteiger partial charge on any atom is -0.381 e. The van der Waals surface area contributed by atoms with Crippen LogP contribution in [0.3, 0.4) is 0 Å². The molecule has 0 unspecified atom stereocenters. The molecule has 7 nitrogen and oxygen atoms in total. The quantitative estimate of drug-likeness (QED) is 0.714. The second-order valence-electron chi connectivity index (χ2n) is 8.09. The number of benzene rings is 2. The predicted molar refractivity (Wildman–Crippen MR) is 123 cm³/mol. The van der Waals surface area contributed by atoms with Gasteiger partial charge < -0.3 is 25.0 Å². The molecule has 2 aromatic carbocycles. The van der Waals surface area contributed by atoms with Crippen LogP contribution in [0.2, 0.25) is 0 Å². The number of carbonyl (C=O) groups excluding carboxylic acids is 1. The number of urea groups is 1. The van der Waals surface area contributed by atoms with Crippen molar-refractivity contribution in [2.45, 2.75) is 12.5 Å². The minimum absolute atomic E-state index is 0.189. The summed E-state index contributed by atoms with van der Waals surface area (Å²) in [6.07, 6.45) is 1.04. The predicted octanol–water partition coefficient (Wildman–Crippen LogP) is 3.31. The number of rotatable bonds is 7. The van der Waals surface area contributed by atoms with E-state index < -0.39 is 0 Å². The van der Waals surface area contributed by atoms with Crippen LogP contribution in [0.5, 0.6) is 0 Å². The molecule has 4 rings (SSSR count). The Balaban J connectivity index is 1.40. The summed E-state index contributed by atoms with van der Waals surface area (Å²) in [5.74, 6) is 0.440. The highest BCUT2D eigenvalue weighted by atomic mass is 16.5. The van der Waals surface area contributed by atoms with E-state index in [2.05, 4.69) is 20.4 Å². The first-order valence-corrected chi connectivity index (χ1v) is 11.0. The molecule has 0 aromatic heterocycles. The zero-order chi connectivity index (χ0) is 21.5. The van der Waals surface area contributed by atoms with Gasteiger partial charge in [0.05, 0.1) is 31.2 Å². The molecule has 2 amide bonds. The number of amides is 2.